The molecule has 0 aliphatic carbocycles. The summed E-state index contributed by atoms with van der Waals surface area (Å²) in [6, 6.07) is 4.19. The van der Waals surface area contributed by atoms with Crippen LogP contribution < -0.4 is 10.2 Å². The highest BCUT2D eigenvalue weighted by Gasteiger charge is 2.28. The average molecular weight is 365 g/mol. The highest BCUT2D eigenvalue weighted by Crippen LogP contribution is 2.34. The van der Waals surface area contributed by atoms with Crippen molar-refractivity contribution in [2.24, 2.45) is 0 Å². The maximum Gasteiger partial charge on any atom is 0.158 e. The van der Waals surface area contributed by atoms with Crippen LogP contribution in [0.25, 0.3) is 5.52 Å². The van der Waals surface area contributed by atoms with E-state index in [-0.39, 0.29) is 0 Å². The van der Waals surface area contributed by atoms with Crippen molar-refractivity contribution in [2.45, 2.75) is 32.2 Å². The molecule has 3 aromatic rings. The van der Waals surface area contributed by atoms with Gasteiger partial charge in [-0.05, 0) is 25.0 Å². The van der Waals surface area contributed by atoms with Crippen LogP contribution in [0.5, 0.6) is 0 Å². The Kier molecular flexibility index (Phi) is 3.93. The van der Waals surface area contributed by atoms with Gasteiger partial charge in [0.2, 0.25) is 0 Å². The summed E-state index contributed by atoms with van der Waals surface area (Å²) in [7, 11) is 1.90. The zero-order valence-electron chi connectivity index (χ0n) is 15.6. The lowest BCUT2D eigenvalue weighted by Crippen LogP contribution is -2.32. The fourth-order valence-corrected chi connectivity index (χ4v) is 4.09. The van der Waals surface area contributed by atoms with E-state index in [1.54, 1.807) is 6.33 Å². The smallest absolute Gasteiger partial charge is 0.158 e. The number of ether oxygens (including phenoxy) is 1. The molecule has 2 aliphatic rings. The van der Waals surface area contributed by atoms with Gasteiger partial charge in [0.05, 0.1) is 12.3 Å². The van der Waals surface area contributed by atoms with Crippen LogP contribution in [-0.2, 0) is 17.7 Å². The Hall–Kier alpha value is -2.74. The molecule has 2 aliphatic heterocycles. The van der Waals surface area contributed by atoms with Gasteiger partial charge in [0, 0.05) is 44.8 Å². The molecule has 5 heterocycles. The third-order valence-electron chi connectivity index (χ3n) is 5.52. The molecule has 27 heavy (non-hydrogen) atoms. The van der Waals surface area contributed by atoms with Gasteiger partial charge in [-0.25, -0.2) is 19.5 Å². The Bertz CT molecular complexity index is 993. The molecule has 5 rings (SSSR count). The number of rotatable bonds is 3. The van der Waals surface area contributed by atoms with Crippen molar-refractivity contribution < 1.29 is 4.74 Å². The van der Waals surface area contributed by atoms with E-state index in [0.717, 1.165) is 73.5 Å². The summed E-state index contributed by atoms with van der Waals surface area (Å²) in [5.74, 6) is 3.08. The summed E-state index contributed by atoms with van der Waals surface area (Å²) in [5, 5.41) is 7.57. The third kappa shape index (κ3) is 2.71. The Morgan fingerprint density at radius 3 is 3.00 bits per heavy atom. The first kappa shape index (κ1) is 16.4. The molecule has 140 valence electrons. The van der Waals surface area contributed by atoms with Crippen molar-refractivity contribution in [3.05, 3.63) is 41.2 Å². The highest BCUT2D eigenvalue weighted by molar-refractivity contribution is 5.73. The van der Waals surface area contributed by atoms with Gasteiger partial charge < -0.3 is 15.0 Å². The zero-order chi connectivity index (χ0) is 18.4. The molecule has 1 N–H and O–H groups in total. The van der Waals surface area contributed by atoms with Crippen molar-refractivity contribution >= 4 is 17.2 Å². The Labute approximate surface area is 157 Å². The number of hydrogen-bond donors (Lipinski definition) is 1. The van der Waals surface area contributed by atoms with Crippen LogP contribution in [0.4, 0.5) is 11.6 Å². The summed E-state index contributed by atoms with van der Waals surface area (Å²) >= 11 is 0. The minimum atomic E-state index is 0.315. The number of nitrogens with one attached hydrogen (secondary N) is 1. The molecule has 0 saturated carbocycles. The van der Waals surface area contributed by atoms with Crippen molar-refractivity contribution in [1.29, 1.82) is 0 Å². The van der Waals surface area contributed by atoms with E-state index < -0.39 is 0 Å². The van der Waals surface area contributed by atoms with Gasteiger partial charge in [-0.15, -0.1) is 0 Å². The van der Waals surface area contributed by atoms with Gasteiger partial charge in [-0.3, -0.25) is 0 Å². The molecule has 8 heteroatoms. The SMILES string of the molecule is CNc1ccc2c(n1)CCN(c1ncnn3c(C)nc(C4CCOC4)c13)C2. The van der Waals surface area contributed by atoms with Crippen LogP contribution in [0, 0.1) is 6.92 Å². The summed E-state index contributed by atoms with van der Waals surface area (Å²) in [5.41, 5.74) is 4.50. The molecule has 8 nitrogen and oxygen atoms in total. The number of hydrogen-bond acceptors (Lipinski definition) is 7. The molecule has 0 aromatic carbocycles. The molecule has 0 spiro atoms. The first-order valence-electron chi connectivity index (χ1n) is 9.44. The van der Waals surface area contributed by atoms with Gasteiger partial charge in [0.15, 0.2) is 5.82 Å². The molecule has 1 atom stereocenters. The zero-order valence-corrected chi connectivity index (χ0v) is 15.6. The maximum atomic E-state index is 5.61. The first-order chi connectivity index (χ1) is 13.2. The van der Waals surface area contributed by atoms with Crippen LogP contribution in [0.1, 0.15) is 35.1 Å². The van der Waals surface area contributed by atoms with E-state index in [0.29, 0.717) is 5.92 Å². The van der Waals surface area contributed by atoms with Gasteiger partial charge in [0.25, 0.3) is 0 Å². The summed E-state index contributed by atoms with van der Waals surface area (Å²) < 4.78 is 7.53. The highest BCUT2D eigenvalue weighted by atomic mass is 16.5. The monoisotopic (exact) mass is 365 g/mol. The molecular formula is C19H23N7O. The number of pyridine rings is 1. The van der Waals surface area contributed by atoms with E-state index in [1.165, 1.54) is 5.56 Å². The third-order valence-corrected chi connectivity index (χ3v) is 5.52. The summed E-state index contributed by atoms with van der Waals surface area (Å²) in [4.78, 5) is 16.5. The van der Waals surface area contributed by atoms with E-state index in [4.69, 9.17) is 14.7 Å². The second-order valence-corrected chi connectivity index (χ2v) is 7.17. The van der Waals surface area contributed by atoms with Crippen molar-refractivity contribution in [3.8, 4) is 0 Å². The standard InChI is InChI=1S/C19H23N7O/c1-12-23-17(14-6-8-27-10-14)18-19(21-11-22-26(12)18)25-7-5-15-13(9-25)3-4-16(20-2)24-15/h3-4,11,14H,5-10H2,1-2H3,(H,20,24). The molecule has 0 bridgehead atoms. The fourth-order valence-electron chi connectivity index (χ4n) is 4.09. The van der Waals surface area contributed by atoms with Crippen molar-refractivity contribution in [1.82, 2.24) is 24.6 Å². The molecule has 0 radical (unpaired) electrons. The lowest BCUT2D eigenvalue weighted by atomic mass is 10.0. The van der Waals surface area contributed by atoms with Crippen molar-refractivity contribution in [2.75, 3.05) is 37.0 Å². The summed E-state index contributed by atoms with van der Waals surface area (Å²) in [6.45, 7) is 5.19. The topological polar surface area (TPSA) is 80.5 Å². The minimum Gasteiger partial charge on any atom is -0.381 e. The largest absolute Gasteiger partial charge is 0.381 e. The Morgan fingerprint density at radius 1 is 1.26 bits per heavy atom. The molecule has 1 unspecified atom stereocenters. The van der Waals surface area contributed by atoms with E-state index >= 15 is 0 Å². The number of fused-ring (bicyclic) bond motifs is 2. The van der Waals surface area contributed by atoms with Crippen LogP contribution in [0.2, 0.25) is 0 Å². The Balaban J connectivity index is 1.57. The molecule has 0 amide bonds. The van der Waals surface area contributed by atoms with Gasteiger partial charge in [-0.1, -0.05) is 6.07 Å². The van der Waals surface area contributed by atoms with E-state index in [2.05, 4.69) is 26.4 Å². The second-order valence-electron chi connectivity index (χ2n) is 7.17. The predicted molar refractivity (Wildman–Crippen MR) is 102 cm³/mol. The molecule has 1 saturated heterocycles. The van der Waals surface area contributed by atoms with E-state index in [1.807, 2.05) is 24.6 Å². The van der Waals surface area contributed by atoms with E-state index in [9.17, 15) is 0 Å². The lowest BCUT2D eigenvalue weighted by molar-refractivity contribution is 0.193. The average Bonchev–Trinajstić information content (AvgIpc) is 3.35. The van der Waals surface area contributed by atoms with Crippen LogP contribution in [-0.4, -0.2) is 51.4 Å². The lowest BCUT2D eigenvalue weighted by Gasteiger charge is -2.30. The molecule has 3 aromatic heterocycles. The molecule has 1 fully saturated rings. The molecular weight excluding hydrogens is 342 g/mol. The summed E-state index contributed by atoms with van der Waals surface area (Å²) in [6.07, 6.45) is 3.53. The van der Waals surface area contributed by atoms with Crippen LogP contribution in [0.3, 0.4) is 0 Å². The Morgan fingerprint density at radius 2 is 2.19 bits per heavy atom. The first-order valence-corrected chi connectivity index (χ1v) is 9.44. The number of nitrogens with zero attached hydrogens (tertiary/aromatic N) is 6. The van der Waals surface area contributed by atoms with Crippen LogP contribution in [0.15, 0.2) is 18.5 Å². The van der Waals surface area contributed by atoms with Gasteiger partial charge in [0.1, 0.15) is 23.5 Å². The number of aryl methyl sites for hydroxylation is 1. The second kappa shape index (κ2) is 6.45. The van der Waals surface area contributed by atoms with Crippen LogP contribution >= 0.6 is 0 Å². The fraction of sp³-hybridized carbons (Fsp3) is 0.474. The van der Waals surface area contributed by atoms with Gasteiger partial charge in [-0.2, -0.15) is 5.10 Å². The number of anilines is 2. The minimum absolute atomic E-state index is 0.315. The quantitative estimate of drug-likeness (QED) is 0.760. The normalized spacial score (nSPS) is 19.5. The number of aromatic nitrogens is 5. The number of imidazole rings is 1. The maximum absolute atomic E-state index is 5.61. The predicted octanol–water partition coefficient (Wildman–Crippen LogP) is 1.94. The van der Waals surface area contributed by atoms with Crippen molar-refractivity contribution in [3.63, 3.8) is 0 Å². The van der Waals surface area contributed by atoms with Gasteiger partial charge >= 0.3 is 0 Å².